The number of carbonyl (C=O) groups is 1. The number of ketones is 1. The van der Waals surface area contributed by atoms with Gasteiger partial charge >= 0.3 is 0 Å². The molecule has 4 nitrogen and oxygen atoms in total. The molecule has 0 spiro atoms. The fraction of sp³-hybridized carbons (Fsp3) is 0.381. The van der Waals surface area contributed by atoms with Crippen molar-refractivity contribution in [2.24, 2.45) is 0 Å². The molecule has 0 bridgehead atoms. The normalized spacial score (nSPS) is 16.0. The smallest absolute Gasteiger partial charge is 0.193 e. The van der Waals surface area contributed by atoms with E-state index in [0.717, 1.165) is 31.9 Å². The first-order chi connectivity index (χ1) is 11.9. The first-order valence-corrected chi connectivity index (χ1v) is 8.85. The topological polar surface area (TPSA) is 49.6 Å². The van der Waals surface area contributed by atoms with Crippen LogP contribution in [-0.2, 0) is 0 Å². The third-order valence-electron chi connectivity index (χ3n) is 4.89. The van der Waals surface area contributed by atoms with Crippen molar-refractivity contribution in [3.8, 4) is 0 Å². The fourth-order valence-corrected chi connectivity index (χ4v) is 3.36. The maximum atomic E-state index is 12.6. The van der Waals surface area contributed by atoms with E-state index in [1.54, 1.807) is 6.07 Å². The first-order valence-electron chi connectivity index (χ1n) is 8.85. The third kappa shape index (κ3) is 3.85. The number of nitrogen functional groups attached to an aromatic ring is 1. The van der Waals surface area contributed by atoms with Crippen LogP contribution in [0.1, 0.15) is 36.7 Å². The molecule has 25 heavy (non-hydrogen) atoms. The number of piperazine rings is 1. The molecule has 4 heteroatoms. The van der Waals surface area contributed by atoms with Crippen LogP contribution in [0.15, 0.2) is 48.5 Å². The Morgan fingerprint density at radius 1 is 0.920 bits per heavy atom. The number of carbonyl (C=O) groups excluding carboxylic acids is 1. The maximum absolute atomic E-state index is 12.6. The van der Waals surface area contributed by atoms with Crippen molar-refractivity contribution >= 4 is 17.2 Å². The summed E-state index contributed by atoms with van der Waals surface area (Å²) < 4.78 is 0. The van der Waals surface area contributed by atoms with Crippen LogP contribution in [0.3, 0.4) is 0 Å². The molecule has 0 amide bonds. The van der Waals surface area contributed by atoms with Gasteiger partial charge in [0.15, 0.2) is 5.78 Å². The lowest BCUT2D eigenvalue weighted by molar-refractivity contribution is 0.103. The Morgan fingerprint density at radius 3 is 2.12 bits per heavy atom. The monoisotopic (exact) mass is 337 g/mol. The van der Waals surface area contributed by atoms with Gasteiger partial charge in [-0.1, -0.05) is 30.3 Å². The molecule has 2 aromatic carbocycles. The quantitative estimate of drug-likeness (QED) is 0.689. The summed E-state index contributed by atoms with van der Waals surface area (Å²) in [5, 5.41) is 0. The van der Waals surface area contributed by atoms with Gasteiger partial charge in [-0.2, -0.15) is 0 Å². The molecule has 0 unspecified atom stereocenters. The highest BCUT2D eigenvalue weighted by atomic mass is 16.1. The zero-order valence-corrected chi connectivity index (χ0v) is 15.3. The predicted octanol–water partition coefficient (Wildman–Crippen LogP) is 3.42. The van der Waals surface area contributed by atoms with E-state index in [4.69, 9.17) is 5.73 Å². The zero-order chi connectivity index (χ0) is 18.0. The first kappa shape index (κ1) is 17.5. The van der Waals surface area contributed by atoms with E-state index in [1.165, 1.54) is 0 Å². The predicted molar refractivity (Wildman–Crippen MR) is 104 cm³/mol. The number of benzene rings is 2. The third-order valence-corrected chi connectivity index (χ3v) is 4.89. The molecule has 1 aliphatic heterocycles. The molecule has 132 valence electrons. The van der Waals surface area contributed by atoms with Gasteiger partial charge in [0.25, 0.3) is 0 Å². The van der Waals surface area contributed by atoms with E-state index in [-0.39, 0.29) is 11.3 Å². The minimum atomic E-state index is 0.0106. The van der Waals surface area contributed by atoms with Crippen molar-refractivity contribution in [1.29, 1.82) is 0 Å². The van der Waals surface area contributed by atoms with E-state index in [0.29, 0.717) is 16.8 Å². The molecule has 0 radical (unpaired) electrons. The number of hydrogen-bond acceptors (Lipinski definition) is 4. The maximum Gasteiger partial charge on any atom is 0.193 e. The molecule has 1 heterocycles. The highest BCUT2D eigenvalue weighted by Gasteiger charge is 2.26. The van der Waals surface area contributed by atoms with Gasteiger partial charge in [-0.3, -0.25) is 9.69 Å². The van der Waals surface area contributed by atoms with Crippen LogP contribution in [0.5, 0.6) is 0 Å². The summed E-state index contributed by atoms with van der Waals surface area (Å²) in [6, 6.07) is 15.0. The van der Waals surface area contributed by atoms with Gasteiger partial charge in [-0.05, 0) is 39.0 Å². The Labute approximate surface area is 150 Å². The number of nitrogens with zero attached hydrogens (tertiary/aromatic N) is 2. The average Bonchev–Trinajstić information content (AvgIpc) is 2.61. The van der Waals surface area contributed by atoms with Crippen molar-refractivity contribution in [1.82, 2.24) is 4.90 Å². The summed E-state index contributed by atoms with van der Waals surface area (Å²) in [6.07, 6.45) is 0. The van der Waals surface area contributed by atoms with Crippen molar-refractivity contribution in [3.63, 3.8) is 0 Å². The Kier molecular flexibility index (Phi) is 4.82. The second-order valence-corrected chi connectivity index (χ2v) is 7.61. The lowest BCUT2D eigenvalue weighted by atomic mass is 10.0. The number of anilines is 2. The van der Waals surface area contributed by atoms with Gasteiger partial charge in [0.2, 0.25) is 0 Å². The van der Waals surface area contributed by atoms with Crippen LogP contribution in [0, 0.1) is 0 Å². The van der Waals surface area contributed by atoms with Gasteiger partial charge in [-0.25, -0.2) is 0 Å². The zero-order valence-electron chi connectivity index (χ0n) is 15.3. The molecule has 2 aromatic rings. The Hall–Kier alpha value is -2.33. The van der Waals surface area contributed by atoms with Crippen molar-refractivity contribution in [2.75, 3.05) is 36.8 Å². The van der Waals surface area contributed by atoms with Crippen LogP contribution in [0.25, 0.3) is 0 Å². The summed E-state index contributed by atoms with van der Waals surface area (Å²) >= 11 is 0. The molecule has 1 aliphatic rings. The molecule has 0 atom stereocenters. The summed E-state index contributed by atoms with van der Waals surface area (Å²) in [7, 11) is 0. The number of rotatable bonds is 3. The second kappa shape index (κ2) is 6.89. The number of nitrogens with two attached hydrogens (primary N) is 1. The van der Waals surface area contributed by atoms with Crippen LogP contribution in [0.2, 0.25) is 0 Å². The van der Waals surface area contributed by atoms with Crippen molar-refractivity contribution in [2.45, 2.75) is 26.3 Å². The van der Waals surface area contributed by atoms with E-state index >= 15 is 0 Å². The molecule has 1 saturated heterocycles. The standard InChI is InChI=1S/C21H27N3O/c1-21(2,3)24-13-11-23(12-14-24)19-10-9-17(15-18(19)22)20(25)16-7-5-4-6-8-16/h4-10,15H,11-14,22H2,1-3H3. The van der Waals surface area contributed by atoms with E-state index in [1.807, 2.05) is 42.5 Å². The molecule has 3 rings (SSSR count). The molecule has 0 saturated carbocycles. The van der Waals surface area contributed by atoms with Gasteiger partial charge in [0.05, 0.1) is 11.4 Å². The van der Waals surface area contributed by atoms with E-state index in [9.17, 15) is 4.79 Å². The average molecular weight is 337 g/mol. The van der Waals surface area contributed by atoms with Crippen LogP contribution in [-0.4, -0.2) is 42.4 Å². The van der Waals surface area contributed by atoms with Gasteiger partial charge in [0, 0.05) is 42.8 Å². The van der Waals surface area contributed by atoms with Crippen LogP contribution >= 0.6 is 0 Å². The molecular formula is C21H27N3O. The van der Waals surface area contributed by atoms with Crippen LogP contribution < -0.4 is 10.6 Å². The summed E-state index contributed by atoms with van der Waals surface area (Å²) in [5.74, 6) is 0.0106. The summed E-state index contributed by atoms with van der Waals surface area (Å²) in [4.78, 5) is 17.4. The Bertz CT molecular complexity index is 741. The SMILES string of the molecule is CC(C)(C)N1CCN(c2ccc(C(=O)c3ccccc3)cc2N)CC1. The molecular weight excluding hydrogens is 310 g/mol. The van der Waals surface area contributed by atoms with Crippen molar-refractivity contribution in [3.05, 3.63) is 59.7 Å². The lowest BCUT2D eigenvalue weighted by Crippen LogP contribution is -2.53. The van der Waals surface area contributed by atoms with Gasteiger partial charge < -0.3 is 10.6 Å². The largest absolute Gasteiger partial charge is 0.397 e. The lowest BCUT2D eigenvalue weighted by Gasteiger charge is -2.43. The minimum Gasteiger partial charge on any atom is -0.397 e. The summed E-state index contributed by atoms with van der Waals surface area (Å²) in [5.41, 5.74) is 9.51. The van der Waals surface area contributed by atoms with E-state index < -0.39 is 0 Å². The van der Waals surface area contributed by atoms with Crippen molar-refractivity contribution < 1.29 is 4.79 Å². The highest BCUT2D eigenvalue weighted by Crippen LogP contribution is 2.27. The summed E-state index contributed by atoms with van der Waals surface area (Å²) in [6.45, 7) is 10.7. The second-order valence-electron chi connectivity index (χ2n) is 7.61. The van der Waals surface area contributed by atoms with Gasteiger partial charge in [0.1, 0.15) is 0 Å². The fourth-order valence-electron chi connectivity index (χ4n) is 3.36. The Balaban J connectivity index is 1.74. The van der Waals surface area contributed by atoms with Crippen LogP contribution in [0.4, 0.5) is 11.4 Å². The molecule has 2 N–H and O–H groups in total. The Morgan fingerprint density at radius 2 is 1.56 bits per heavy atom. The number of hydrogen-bond donors (Lipinski definition) is 1. The minimum absolute atomic E-state index is 0.0106. The van der Waals surface area contributed by atoms with E-state index in [2.05, 4.69) is 30.6 Å². The molecule has 0 aromatic heterocycles. The molecule has 1 fully saturated rings. The molecule has 0 aliphatic carbocycles. The van der Waals surface area contributed by atoms with Gasteiger partial charge in [-0.15, -0.1) is 0 Å². The highest BCUT2D eigenvalue weighted by molar-refractivity contribution is 6.09.